The molecule has 31 heavy (non-hydrogen) atoms. The van der Waals surface area contributed by atoms with Crippen LogP contribution in [-0.4, -0.2) is 23.5 Å². The van der Waals surface area contributed by atoms with E-state index in [-0.39, 0.29) is 37.2 Å². The Balaban J connectivity index is 1.22. The lowest BCUT2D eigenvalue weighted by Crippen LogP contribution is -2.34. The number of oxazole rings is 1. The van der Waals surface area contributed by atoms with Gasteiger partial charge in [0.25, 0.3) is 5.91 Å². The van der Waals surface area contributed by atoms with Crippen LogP contribution in [0.4, 0.5) is 4.39 Å². The van der Waals surface area contributed by atoms with E-state index in [0.29, 0.717) is 17.2 Å². The number of carbonyl (C=O) groups excluding carboxylic acids is 2. The van der Waals surface area contributed by atoms with Crippen molar-refractivity contribution >= 4 is 11.9 Å². The van der Waals surface area contributed by atoms with Crippen LogP contribution in [0.2, 0.25) is 0 Å². The normalized spacial score (nSPS) is 15.2. The molecule has 3 aromatic rings. The molecule has 0 radical (unpaired) electrons. The highest BCUT2D eigenvalue weighted by Crippen LogP contribution is 2.29. The quantitative estimate of drug-likeness (QED) is 0.579. The third-order valence-electron chi connectivity index (χ3n) is 5.29. The average molecular weight is 422 g/mol. The van der Waals surface area contributed by atoms with Gasteiger partial charge < -0.3 is 14.5 Å². The fourth-order valence-electron chi connectivity index (χ4n) is 3.74. The number of amides is 1. The molecule has 1 aliphatic rings. The van der Waals surface area contributed by atoms with Gasteiger partial charge in [-0.25, -0.2) is 9.37 Å². The maximum absolute atomic E-state index is 13.0. The second kappa shape index (κ2) is 9.55. The standard InChI is InChI=1S/C24H23FN2O4/c25-18-10-8-17(9-11-18)21-14-26-23(31-21)12-13-24(29)30-15-22(28)27-20-7-3-5-16-4-1-2-6-19(16)20/h1-2,4,6,8-11,14,20H,3,5,7,12-13,15H2,(H,27,28). The smallest absolute Gasteiger partial charge is 0.306 e. The van der Waals surface area contributed by atoms with Crippen LogP contribution < -0.4 is 5.32 Å². The number of carbonyl (C=O) groups is 2. The van der Waals surface area contributed by atoms with Gasteiger partial charge in [0.2, 0.25) is 0 Å². The Morgan fingerprint density at radius 2 is 1.97 bits per heavy atom. The summed E-state index contributed by atoms with van der Waals surface area (Å²) in [7, 11) is 0. The van der Waals surface area contributed by atoms with Gasteiger partial charge in [-0.2, -0.15) is 0 Å². The van der Waals surface area contributed by atoms with Gasteiger partial charge in [-0.3, -0.25) is 9.59 Å². The number of hydrogen-bond donors (Lipinski definition) is 1. The monoisotopic (exact) mass is 422 g/mol. The number of esters is 1. The number of aryl methyl sites for hydroxylation is 2. The highest BCUT2D eigenvalue weighted by Gasteiger charge is 2.21. The molecule has 1 aliphatic carbocycles. The lowest BCUT2D eigenvalue weighted by Gasteiger charge is -2.26. The summed E-state index contributed by atoms with van der Waals surface area (Å²) in [6, 6.07) is 13.9. The molecule has 0 fully saturated rings. The Kier molecular flexibility index (Phi) is 6.40. The van der Waals surface area contributed by atoms with E-state index in [4.69, 9.17) is 9.15 Å². The summed E-state index contributed by atoms with van der Waals surface area (Å²) in [6.07, 6.45) is 4.72. The maximum atomic E-state index is 13.0. The number of aromatic nitrogens is 1. The van der Waals surface area contributed by atoms with Gasteiger partial charge in [-0.05, 0) is 54.7 Å². The molecular formula is C24H23FN2O4. The van der Waals surface area contributed by atoms with Crippen LogP contribution in [0, 0.1) is 5.82 Å². The molecule has 7 heteroatoms. The van der Waals surface area contributed by atoms with Crippen molar-refractivity contribution in [2.24, 2.45) is 0 Å². The van der Waals surface area contributed by atoms with E-state index in [2.05, 4.69) is 16.4 Å². The first-order valence-corrected chi connectivity index (χ1v) is 10.3. The maximum Gasteiger partial charge on any atom is 0.306 e. The fourth-order valence-corrected chi connectivity index (χ4v) is 3.74. The molecular weight excluding hydrogens is 399 g/mol. The third kappa shape index (κ3) is 5.36. The lowest BCUT2D eigenvalue weighted by atomic mass is 9.88. The largest absolute Gasteiger partial charge is 0.456 e. The molecule has 1 N–H and O–H groups in total. The van der Waals surface area contributed by atoms with Crippen molar-refractivity contribution in [3.8, 4) is 11.3 Å². The summed E-state index contributed by atoms with van der Waals surface area (Å²) >= 11 is 0. The Labute approximate surface area is 179 Å². The number of hydrogen-bond acceptors (Lipinski definition) is 5. The molecule has 0 spiro atoms. The van der Waals surface area contributed by atoms with Crippen molar-refractivity contribution in [2.45, 2.75) is 38.1 Å². The van der Waals surface area contributed by atoms with Gasteiger partial charge >= 0.3 is 5.97 Å². The Morgan fingerprint density at radius 3 is 2.81 bits per heavy atom. The zero-order valence-corrected chi connectivity index (χ0v) is 17.0. The summed E-state index contributed by atoms with van der Waals surface area (Å²) in [5.74, 6) is -0.275. The molecule has 0 bridgehead atoms. The van der Waals surface area contributed by atoms with E-state index in [9.17, 15) is 14.0 Å². The van der Waals surface area contributed by atoms with Crippen molar-refractivity contribution in [3.05, 3.63) is 77.6 Å². The van der Waals surface area contributed by atoms with E-state index in [1.54, 1.807) is 12.1 Å². The molecule has 6 nitrogen and oxygen atoms in total. The molecule has 0 aliphatic heterocycles. The van der Waals surface area contributed by atoms with E-state index in [1.165, 1.54) is 23.9 Å². The number of halogens is 1. The van der Waals surface area contributed by atoms with Crippen molar-refractivity contribution in [1.29, 1.82) is 0 Å². The molecule has 1 atom stereocenters. The summed E-state index contributed by atoms with van der Waals surface area (Å²) in [5, 5.41) is 2.96. The van der Waals surface area contributed by atoms with Gasteiger partial charge in [0.05, 0.1) is 18.7 Å². The van der Waals surface area contributed by atoms with Crippen LogP contribution >= 0.6 is 0 Å². The SMILES string of the molecule is O=C(COC(=O)CCc1ncc(-c2ccc(F)cc2)o1)NC1CCCc2ccccc21. The number of benzene rings is 2. The Morgan fingerprint density at radius 1 is 1.16 bits per heavy atom. The molecule has 1 unspecified atom stereocenters. The van der Waals surface area contributed by atoms with Crippen molar-refractivity contribution in [2.75, 3.05) is 6.61 Å². The topological polar surface area (TPSA) is 81.4 Å². The first-order chi connectivity index (χ1) is 15.1. The van der Waals surface area contributed by atoms with Gasteiger partial charge in [-0.1, -0.05) is 24.3 Å². The average Bonchev–Trinajstić information content (AvgIpc) is 3.26. The minimum atomic E-state index is -0.499. The molecule has 1 aromatic heterocycles. The second-order valence-electron chi connectivity index (χ2n) is 7.50. The first-order valence-electron chi connectivity index (χ1n) is 10.3. The van der Waals surface area contributed by atoms with Crippen LogP contribution in [-0.2, 0) is 27.2 Å². The highest BCUT2D eigenvalue weighted by atomic mass is 19.1. The predicted molar refractivity (Wildman–Crippen MR) is 111 cm³/mol. The van der Waals surface area contributed by atoms with Crippen LogP contribution in [0.1, 0.15) is 42.3 Å². The van der Waals surface area contributed by atoms with Gasteiger partial charge in [0.1, 0.15) is 5.82 Å². The molecule has 0 saturated heterocycles. The first kappa shape index (κ1) is 20.8. The minimum Gasteiger partial charge on any atom is -0.456 e. The third-order valence-corrected chi connectivity index (χ3v) is 5.29. The fraction of sp³-hybridized carbons (Fsp3) is 0.292. The molecule has 1 heterocycles. The lowest BCUT2D eigenvalue weighted by molar-refractivity contribution is -0.148. The minimum absolute atomic E-state index is 0.0446. The summed E-state index contributed by atoms with van der Waals surface area (Å²) in [6.45, 7) is -0.316. The van der Waals surface area contributed by atoms with Crippen LogP contribution in [0.5, 0.6) is 0 Å². The molecule has 1 amide bonds. The molecule has 2 aromatic carbocycles. The number of ether oxygens (including phenoxy) is 1. The Bertz CT molecular complexity index is 1060. The van der Waals surface area contributed by atoms with E-state index >= 15 is 0 Å². The Hall–Kier alpha value is -3.48. The number of nitrogens with zero attached hydrogens (tertiary/aromatic N) is 1. The zero-order valence-electron chi connectivity index (χ0n) is 17.0. The molecule has 4 rings (SSSR count). The van der Waals surface area contributed by atoms with Crippen molar-refractivity contribution < 1.29 is 23.1 Å². The number of nitrogens with one attached hydrogen (secondary N) is 1. The van der Waals surface area contributed by atoms with Crippen molar-refractivity contribution in [3.63, 3.8) is 0 Å². The summed E-state index contributed by atoms with van der Waals surface area (Å²) in [5.41, 5.74) is 3.08. The predicted octanol–water partition coefficient (Wildman–Crippen LogP) is 4.15. The van der Waals surface area contributed by atoms with Crippen LogP contribution in [0.3, 0.4) is 0 Å². The number of rotatable bonds is 7. The van der Waals surface area contributed by atoms with E-state index < -0.39 is 5.97 Å². The van der Waals surface area contributed by atoms with Gasteiger partial charge in [0.15, 0.2) is 18.3 Å². The second-order valence-corrected chi connectivity index (χ2v) is 7.50. The van der Waals surface area contributed by atoms with Crippen LogP contribution in [0.15, 0.2) is 59.1 Å². The molecule has 160 valence electrons. The van der Waals surface area contributed by atoms with E-state index in [0.717, 1.165) is 24.8 Å². The highest BCUT2D eigenvalue weighted by molar-refractivity contribution is 5.81. The zero-order chi connectivity index (χ0) is 21.6. The molecule has 0 saturated carbocycles. The van der Waals surface area contributed by atoms with Crippen LogP contribution in [0.25, 0.3) is 11.3 Å². The summed E-state index contributed by atoms with van der Waals surface area (Å²) in [4.78, 5) is 28.4. The van der Waals surface area contributed by atoms with Gasteiger partial charge in [-0.15, -0.1) is 0 Å². The number of fused-ring (bicyclic) bond motifs is 1. The van der Waals surface area contributed by atoms with Crippen molar-refractivity contribution in [1.82, 2.24) is 10.3 Å². The van der Waals surface area contributed by atoms with E-state index in [1.807, 2.05) is 18.2 Å². The summed E-state index contributed by atoms with van der Waals surface area (Å²) < 4.78 is 23.7. The van der Waals surface area contributed by atoms with Gasteiger partial charge in [0, 0.05) is 12.0 Å².